The minimum absolute atomic E-state index is 0. The SMILES string of the molecule is CCN(CC)CCSCC(=O)N1CCC(CN)CC1.Cl.Cl. The van der Waals surface area contributed by atoms with Crippen molar-refractivity contribution in [1.29, 1.82) is 0 Å². The molecule has 2 N–H and O–H groups in total. The summed E-state index contributed by atoms with van der Waals surface area (Å²) in [5.74, 6) is 2.61. The molecule has 1 aliphatic rings. The van der Waals surface area contributed by atoms with Crippen LogP contribution < -0.4 is 5.73 Å². The number of piperidine rings is 1. The zero-order chi connectivity index (χ0) is 14.1. The Balaban J connectivity index is 0. The molecule has 0 aromatic rings. The molecule has 0 bridgehead atoms. The van der Waals surface area contributed by atoms with Crippen LogP contribution in [0.15, 0.2) is 0 Å². The second kappa shape index (κ2) is 13.9. The van der Waals surface area contributed by atoms with Crippen LogP contribution in [0.5, 0.6) is 0 Å². The van der Waals surface area contributed by atoms with Crippen LogP contribution in [0, 0.1) is 5.92 Å². The van der Waals surface area contributed by atoms with Crippen LogP contribution in [0.1, 0.15) is 26.7 Å². The minimum atomic E-state index is 0. The zero-order valence-corrected chi connectivity index (χ0v) is 15.7. The van der Waals surface area contributed by atoms with Gasteiger partial charge < -0.3 is 15.5 Å². The first-order chi connectivity index (χ1) is 9.21. The maximum absolute atomic E-state index is 12.0. The molecule has 1 fully saturated rings. The predicted octanol–water partition coefficient (Wildman–Crippen LogP) is 2.10. The van der Waals surface area contributed by atoms with Gasteiger partial charge in [-0.2, -0.15) is 11.8 Å². The van der Waals surface area contributed by atoms with E-state index in [0.29, 0.717) is 17.6 Å². The summed E-state index contributed by atoms with van der Waals surface area (Å²) in [6, 6.07) is 0. The molecular weight excluding hydrogens is 329 g/mol. The first-order valence-corrected chi connectivity index (χ1v) is 8.64. The van der Waals surface area contributed by atoms with Gasteiger partial charge in [0.1, 0.15) is 0 Å². The molecule has 0 radical (unpaired) electrons. The van der Waals surface area contributed by atoms with Crippen molar-refractivity contribution in [2.75, 3.05) is 50.8 Å². The van der Waals surface area contributed by atoms with E-state index in [4.69, 9.17) is 5.73 Å². The van der Waals surface area contributed by atoms with Gasteiger partial charge in [-0.1, -0.05) is 13.8 Å². The van der Waals surface area contributed by atoms with Crippen LogP contribution in [0.4, 0.5) is 0 Å². The number of likely N-dealkylation sites (tertiary alicyclic amines) is 1. The van der Waals surface area contributed by atoms with Crippen molar-refractivity contribution in [3.8, 4) is 0 Å². The summed E-state index contributed by atoms with van der Waals surface area (Å²) in [4.78, 5) is 16.4. The summed E-state index contributed by atoms with van der Waals surface area (Å²) in [6.07, 6.45) is 2.15. The fourth-order valence-corrected chi connectivity index (χ4v) is 3.29. The third-order valence-electron chi connectivity index (χ3n) is 3.97. The molecule has 128 valence electrons. The maximum atomic E-state index is 12.0. The number of amides is 1. The van der Waals surface area contributed by atoms with Crippen molar-refractivity contribution < 1.29 is 4.79 Å². The van der Waals surface area contributed by atoms with Gasteiger partial charge in [-0.15, -0.1) is 24.8 Å². The van der Waals surface area contributed by atoms with Gasteiger partial charge in [0, 0.05) is 25.4 Å². The molecule has 0 aliphatic carbocycles. The molecule has 1 saturated heterocycles. The summed E-state index contributed by atoms with van der Waals surface area (Å²) in [5, 5.41) is 0. The van der Waals surface area contributed by atoms with Crippen LogP contribution >= 0.6 is 36.6 Å². The molecule has 1 rings (SSSR count). The lowest BCUT2D eigenvalue weighted by molar-refractivity contribution is -0.129. The van der Waals surface area contributed by atoms with Crippen LogP contribution in [0.2, 0.25) is 0 Å². The van der Waals surface area contributed by atoms with E-state index in [2.05, 4.69) is 18.7 Å². The number of carbonyl (C=O) groups excluding carboxylic acids is 1. The van der Waals surface area contributed by atoms with Crippen molar-refractivity contribution in [2.45, 2.75) is 26.7 Å². The van der Waals surface area contributed by atoms with E-state index in [1.807, 2.05) is 4.90 Å². The molecule has 1 amide bonds. The second-order valence-corrected chi connectivity index (χ2v) is 6.24. The second-order valence-electron chi connectivity index (χ2n) is 5.14. The van der Waals surface area contributed by atoms with Crippen LogP contribution in [-0.4, -0.2) is 66.5 Å². The van der Waals surface area contributed by atoms with Crippen molar-refractivity contribution in [1.82, 2.24) is 9.80 Å². The highest BCUT2D eigenvalue weighted by Gasteiger charge is 2.21. The number of nitrogens with zero attached hydrogens (tertiary/aromatic N) is 2. The Hall–Kier alpha value is 0.320. The minimum Gasteiger partial charge on any atom is -0.342 e. The molecule has 7 heteroatoms. The molecule has 0 aromatic carbocycles. The Bertz CT molecular complexity index is 261. The summed E-state index contributed by atoms with van der Waals surface area (Å²) >= 11 is 1.76. The number of carbonyl (C=O) groups is 1. The third kappa shape index (κ3) is 9.14. The zero-order valence-electron chi connectivity index (χ0n) is 13.3. The fourth-order valence-electron chi connectivity index (χ4n) is 2.40. The molecule has 1 heterocycles. The number of hydrogen-bond donors (Lipinski definition) is 1. The van der Waals surface area contributed by atoms with Crippen molar-refractivity contribution in [3.05, 3.63) is 0 Å². The topological polar surface area (TPSA) is 49.6 Å². The normalized spacial score (nSPS) is 15.5. The lowest BCUT2D eigenvalue weighted by Gasteiger charge is -2.31. The Morgan fingerprint density at radius 1 is 1.24 bits per heavy atom. The van der Waals surface area contributed by atoms with Gasteiger partial charge in [0.2, 0.25) is 5.91 Å². The van der Waals surface area contributed by atoms with E-state index >= 15 is 0 Å². The molecule has 0 aromatic heterocycles. The van der Waals surface area contributed by atoms with E-state index in [1.165, 1.54) is 0 Å². The monoisotopic (exact) mass is 359 g/mol. The van der Waals surface area contributed by atoms with Crippen molar-refractivity contribution in [2.24, 2.45) is 11.7 Å². The van der Waals surface area contributed by atoms with Gasteiger partial charge in [-0.3, -0.25) is 4.79 Å². The van der Waals surface area contributed by atoms with Gasteiger partial charge in [-0.05, 0) is 38.4 Å². The van der Waals surface area contributed by atoms with E-state index in [0.717, 1.165) is 57.9 Å². The van der Waals surface area contributed by atoms with E-state index in [9.17, 15) is 4.79 Å². The predicted molar refractivity (Wildman–Crippen MR) is 98.0 cm³/mol. The lowest BCUT2D eigenvalue weighted by Crippen LogP contribution is -2.41. The van der Waals surface area contributed by atoms with E-state index in [-0.39, 0.29) is 24.8 Å². The van der Waals surface area contributed by atoms with Crippen molar-refractivity contribution in [3.63, 3.8) is 0 Å². The Kier molecular flexibility index (Phi) is 15.7. The Morgan fingerprint density at radius 3 is 2.29 bits per heavy atom. The van der Waals surface area contributed by atoms with Gasteiger partial charge in [0.15, 0.2) is 0 Å². The summed E-state index contributed by atoms with van der Waals surface area (Å²) < 4.78 is 0. The highest BCUT2D eigenvalue weighted by Crippen LogP contribution is 2.16. The average Bonchev–Trinajstić information content (AvgIpc) is 2.47. The molecule has 0 spiro atoms. The Morgan fingerprint density at radius 2 is 1.81 bits per heavy atom. The van der Waals surface area contributed by atoms with Crippen LogP contribution in [0.3, 0.4) is 0 Å². The lowest BCUT2D eigenvalue weighted by atomic mass is 9.97. The third-order valence-corrected chi connectivity index (χ3v) is 4.89. The number of nitrogens with two attached hydrogens (primary N) is 1. The highest BCUT2D eigenvalue weighted by molar-refractivity contribution is 7.99. The van der Waals surface area contributed by atoms with Gasteiger partial charge in [-0.25, -0.2) is 0 Å². The summed E-state index contributed by atoms with van der Waals surface area (Å²) in [5.41, 5.74) is 5.67. The van der Waals surface area contributed by atoms with E-state index < -0.39 is 0 Å². The first-order valence-electron chi connectivity index (χ1n) is 7.49. The molecule has 0 unspecified atom stereocenters. The highest BCUT2D eigenvalue weighted by atomic mass is 35.5. The molecule has 4 nitrogen and oxygen atoms in total. The van der Waals surface area contributed by atoms with Crippen molar-refractivity contribution >= 4 is 42.5 Å². The molecule has 0 saturated carbocycles. The smallest absolute Gasteiger partial charge is 0.232 e. The fraction of sp³-hybridized carbons (Fsp3) is 0.929. The number of rotatable bonds is 8. The molecule has 0 atom stereocenters. The summed E-state index contributed by atoms with van der Waals surface area (Å²) in [7, 11) is 0. The molecule has 21 heavy (non-hydrogen) atoms. The number of halogens is 2. The quantitative estimate of drug-likeness (QED) is 0.674. The van der Waals surface area contributed by atoms with Gasteiger partial charge in [0.05, 0.1) is 5.75 Å². The van der Waals surface area contributed by atoms with E-state index in [1.54, 1.807) is 11.8 Å². The van der Waals surface area contributed by atoms with Crippen LogP contribution in [-0.2, 0) is 4.79 Å². The molecule has 1 aliphatic heterocycles. The van der Waals surface area contributed by atoms with Crippen LogP contribution in [0.25, 0.3) is 0 Å². The standard InChI is InChI=1S/C14H29N3OS.2ClH/c1-3-16(4-2)9-10-19-12-14(18)17-7-5-13(11-15)6-8-17;;/h13H,3-12,15H2,1-2H3;2*1H. The largest absolute Gasteiger partial charge is 0.342 e. The number of thioether (sulfide) groups is 1. The first kappa shape index (κ1) is 23.6. The average molecular weight is 360 g/mol. The van der Waals surface area contributed by atoms with Gasteiger partial charge in [0.25, 0.3) is 0 Å². The molecular formula is C14H31Cl2N3OS. The number of hydrogen-bond acceptors (Lipinski definition) is 4. The van der Waals surface area contributed by atoms with Gasteiger partial charge >= 0.3 is 0 Å². The Labute approximate surface area is 146 Å². The maximum Gasteiger partial charge on any atom is 0.232 e. The summed E-state index contributed by atoms with van der Waals surface area (Å²) in [6.45, 7) is 10.2.